The summed E-state index contributed by atoms with van der Waals surface area (Å²) in [4.78, 5) is 14.9. The van der Waals surface area contributed by atoms with E-state index in [2.05, 4.69) is 31.0 Å². The second-order valence-electron chi connectivity index (χ2n) is 2.42. The Hall–Kier alpha value is -1.01. The minimum Gasteiger partial charge on any atom is -0.364 e. The molecule has 76 valence electrons. The summed E-state index contributed by atoms with van der Waals surface area (Å²) >= 11 is 3.04. The van der Waals surface area contributed by atoms with Gasteiger partial charge in [-0.1, -0.05) is 0 Å². The SMILES string of the molecule is COCNC(=O)c1ncc(Br)cc1F. The lowest BCUT2D eigenvalue weighted by molar-refractivity contribution is 0.0862. The van der Waals surface area contributed by atoms with Gasteiger partial charge in [0.25, 0.3) is 5.91 Å². The molecular weight excluding hydrogens is 255 g/mol. The van der Waals surface area contributed by atoms with E-state index in [9.17, 15) is 9.18 Å². The average Bonchev–Trinajstić information content (AvgIpc) is 2.14. The molecule has 4 nitrogen and oxygen atoms in total. The van der Waals surface area contributed by atoms with Gasteiger partial charge in [-0.15, -0.1) is 0 Å². The number of aromatic nitrogens is 1. The maximum absolute atomic E-state index is 13.1. The summed E-state index contributed by atoms with van der Waals surface area (Å²) < 4.78 is 18.2. The number of nitrogens with zero attached hydrogens (tertiary/aromatic N) is 1. The Labute approximate surface area is 88.6 Å². The third kappa shape index (κ3) is 2.74. The lowest BCUT2D eigenvalue weighted by Gasteiger charge is -2.03. The molecule has 0 saturated heterocycles. The second-order valence-corrected chi connectivity index (χ2v) is 3.34. The van der Waals surface area contributed by atoms with E-state index in [4.69, 9.17) is 0 Å². The normalized spacial score (nSPS) is 9.93. The van der Waals surface area contributed by atoms with Crippen molar-refractivity contribution in [1.29, 1.82) is 0 Å². The molecule has 1 amide bonds. The lowest BCUT2D eigenvalue weighted by atomic mass is 10.3. The summed E-state index contributed by atoms with van der Waals surface area (Å²) in [6, 6.07) is 1.18. The summed E-state index contributed by atoms with van der Waals surface area (Å²) in [6.07, 6.45) is 1.35. The van der Waals surface area contributed by atoms with Gasteiger partial charge in [0.1, 0.15) is 6.73 Å². The van der Waals surface area contributed by atoms with E-state index in [0.29, 0.717) is 4.47 Å². The molecule has 0 aliphatic carbocycles. The van der Waals surface area contributed by atoms with Gasteiger partial charge in [0.05, 0.1) is 0 Å². The van der Waals surface area contributed by atoms with Crippen molar-refractivity contribution in [2.45, 2.75) is 0 Å². The number of carbonyl (C=O) groups is 1. The first-order valence-electron chi connectivity index (χ1n) is 3.73. The number of rotatable bonds is 3. The summed E-state index contributed by atoms with van der Waals surface area (Å²) in [7, 11) is 1.42. The zero-order valence-electron chi connectivity index (χ0n) is 7.38. The summed E-state index contributed by atoms with van der Waals surface area (Å²) in [5.41, 5.74) is -0.245. The molecule has 0 aliphatic rings. The van der Waals surface area contributed by atoms with Gasteiger partial charge in [0.15, 0.2) is 11.5 Å². The Balaban J connectivity index is 2.80. The third-order valence-electron chi connectivity index (χ3n) is 1.40. The van der Waals surface area contributed by atoms with Crippen molar-refractivity contribution in [2.75, 3.05) is 13.8 Å². The lowest BCUT2D eigenvalue weighted by Crippen LogP contribution is -2.27. The number of nitrogens with one attached hydrogen (secondary N) is 1. The number of hydrogen-bond donors (Lipinski definition) is 1. The zero-order valence-corrected chi connectivity index (χ0v) is 8.97. The molecule has 0 unspecified atom stereocenters. The molecule has 1 heterocycles. The summed E-state index contributed by atoms with van der Waals surface area (Å²) in [5, 5.41) is 2.33. The minimum atomic E-state index is -0.673. The van der Waals surface area contributed by atoms with Crippen LogP contribution in [0.1, 0.15) is 10.5 Å². The average molecular weight is 263 g/mol. The van der Waals surface area contributed by atoms with Crippen LogP contribution < -0.4 is 5.32 Å². The van der Waals surface area contributed by atoms with Crippen LogP contribution in [0.2, 0.25) is 0 Å². The molecule has 0 spiro atoms. The number of halogens is 2. The minimum absolute atomic E-state index is 0.0238. The van der Waals surface area contributed by atoms with E-state index in [1.807, 2.05) is 0 Å². The van der Waals surface area contributed by atoms with Gasteiger partial charge in [-0.2, -0.15) is 0 Å². The van der Waals surface area contributed by atoms with Gasteiger partial charge in [0.2, 0.25) is 0 Å². The monoisotopic (exact) mass is 262 g/mol. The van der Waals surface area contributed by atoms with Crippen LogP contribution >= 0.6 is 15.9 Å². The van der Waals surface area contributed by atoms with E-state index in [1.165, 1.54) is 19.4 Å². The van der Waals surface area contributed by atoms with Crippen molar-refractivity contribution >= 4 is 21.8 Å². The highest BCUT2D eigenvalue weighted by Crippen LogP contribution is 2.11. The number of amides is 1. The van der Waals surface area contributed by atoms with Gasteiger partial charge in [-0.05, 0) is 22.0 Å². The predicted octanol–water partition coefficient (Wildman–Crippen LogP) is 1.32. The molecule has 1 aromatic heterocycles. The van der Waals surface area contributed by atoms with Crippen LogP contribution in [-0.4, -0.2) is 24.7 Å². The Morgan fingerprint density at radius 1 is 1.79 bits per heavy atom. The molecule has 0 atom stereocenters. The smallest absolute Gasteiger partial charge is 0.274 e. The molecular formula is C8H8BrFN2O2. The fourth-order valence-corrected chi connectivity index (χ4v) is 1.11. The zero-order chi connectivity index (χ0) is 10.6. The number of ether oxygens (including phenoxy) is 1. The van der Waals surface area contributed by atoms with E-state index in [0.717, 1.165) is 0 Å². The highest BCUT2D eigenvalue weighted by molar-refractivity contribution is 9.10. The number of methoxy groups -OCH3 is 1. The van der Waals surface area contributed by atoms with E-state index in [1.54, 1.807) is 0 Å². The molecule has 14 heavy (non-hydrogen) atoms. The second kappa shape index (κ2) is 5.02. The van der Waals surface area contributed by atoms with Crippen LogP contribution in [0.5, 0.6) is 0 Å². The Morgan fingerprint density at radius 2 is 2.50 bits per heavy atom. The fraction of sp³-hybridized carbons (Fsp3) is 0.250. The molecule has 1 aromatic rings. The van der Waals surface area contributed by atoms with Crippen molar-refractivity contribution in [3.8, 4) is 0 Å². The number of carbonyl (C=O) groups excluding carboxylic acids is 1. The number of hydrogen-bond acceptors (Lipinski definition) is 3. The first kappa shape index (κ1) is 11.1. The highest BCUT2D eigenvalue weighted by atomic mass is 79.9. The molecule has 0 fully saturated rings. The standard InChI is InChI=1S/C8H8BrFN2O2/c1-14-4-12-8(13)7-6(10)2-5(9)3-11-7/h2-3H,4H2,1H3,(H,12,13). The van der Waals surface area contributed by atoms with Crippen LogP contribution in [-0.2, 0) is 4.74 Å². The van der Waals surface area contributed by atoms with E-state index in [-0.39, 0.29) is 12.4 Å². The van der Waals surface area contributed by atoms with Crippen LogP contribution in [0.4, 0.5) is 4.39 Å². The third-order valence-corrected chi connectivity index (χ3v) is 1.83. The van der Waals surface area contributed by atoms with Gasteiger partial charge in [0, 0.05) is 17.8 Å². The quantitative estimate of drug-likeness (QED) is 0.836. The number of pyridine rings is 1. The van der Waals surface area contributed by atoms with Gasteiger partial charge in [-0.3, -0.25) is 4.79 Å². The molecule has 1 N–H and O–H groups in total. The molecule has 1 rings (SSSR count). The molecule has 0 bridgehead atoms. The van der Waals surface area contributed by atoms with Crippen molar-refractivity contribution in [3.05, 3.63) is 28.2 Å². The molecule has 0 saturated carbocycles. The van der Waals surface area contributed by atoms with Crippen molar-refractivity contribution in [3.63, 3.8) is 0 Å². The summed E-state index contributed by atoms with van der Waals surface area (Å²) in [5.74, 6) is -1.27. The fourth-order valence-electron chi connectivity index (χ4n) is 0.803. The maximum Gasteiger partial charge on any atom is 0.274 e. The van der Waals surface area contributed by atoms with Crippen LogP contribution in [0.15, 0.2) is 16.7 Å². The van der Waals surface area contributed by atoms with Crippen LogP contribution in [0.3, 0.4) is 0 Å². The van der Waals surface area contributed by atoms with Crippen LogP contribution in [0.25, 0.3) is 0 Å². The molecule has 6 heteroatoms. The first-order valence-corrected chi connectivity index (χ1v) is 4.52. The first-order chi connectivity index (χ1) is 6.65. The van der Waals surface area contributed by atoms with E-state index < -0.39 is 11.7 Å². The predicted molar refractivity (Wildman–Crippen MR) is 51.2 cm³/mol. The molecule has 0 aliphatic heterocycles. The topological polar surface area (TPSA) is 51.2 Å². The van der Waals surface area contributed by atoms with Crippen molar-refractivity contribution in [1.82, 2.24) is 10.3 Å². The molecule has 0 aromatic carbocycles. The Bertz CT molecular complexity index is 346. The van der Waals surface area contributed by atoms with Gasteiger partial charge >= 0.3 is 0 Å². The summed E-state index contributed by atoms with van der Waals surface area (Å²) in [6.45, 7) is 0.0238. The Morgan fingerprint density at radius 3 is 3.07 bits per heavy atom. The maximum atomic E-state index is 13.1. The van der Waals surface area contributed by atoms with Crippen molar-refractivity contribution < 1.29 is 13.9 Å². The van der Waals surface area contributed by atoms with Gasteiger partial charge < -0.3 is 10.1 Å². The van der Waals surface area contributed by atoms with Crippen LogP contribution in [0, 0.1) is 5.82 Å². The Kier molecular flexibility index (Phi) is 3.97. The van der Waals surface area contributed by atoms with Gasteiger partial charge in [-0.25, -0.2) is 9.37 Å². The highest BCUT2D eigenvalue weighted by Gasteiger charge is 2.12. The largest absolute Gasteiger partial charge is 0.364 e. The molecule has 0 radical (unpaired) electrons. The van der Waals surface area contributed by atoms with Crippen molar-refractivity contribution in [2.24, 2.45) is 0 Å². The van der Waals surface area contributed by atoms with E-state index >= 15 is 0 Å².